The van der Waals surface area contributed by atoms with Gasteiger partial charge in [-0.15, -0.1) is 18.3 Å². The molecule has 0 N–H and O–H groups in total. The van der Waals surface area contributed by atoms with E-state index in [1.165, 1.54) is 12.1 Å². The van der Waals surface area contributed by atoms with Crippen LogP contribution in [0.5, 0.6) is 5.75 Å². The molecule has 9 heteroatoms. The van der Waals surface area contributed by atoms with Crippen molar-refractivity contribution in [1.82, 2.24) is 19.9 Å². The van der Waals surface area contributed by atoms with Gasteiger partial charge in [-0.1, -0.05) is 11.3 Å². The Morgan fingerprint density at radius 1 is 1.24 bits per heavy atom. The van der Waals surface area contributed by atoms with Crippen molar-refractivity contribution in [3.63, 3.8) is 0 Å². The molecule has 25 heavy (non-hydrogen) atoms. The van der Waals surface area contributed by atoms with Crippen LogP contribution in [0.25, 0.3) is 0 Å². The van der Waals surface area contributed by atoms with Gasteiger partial charge < -0.3 is 9.64 Å². The molecule has 2 fully saturated rings. The Balaban J connectivity index is 1.38. The summed E-state index contributed by atoms with van der Waals surface area (Å²) in [5, 5.41) is 8.25. The SMILES string of the molecule is O=C(c1cccc(OC(F)(F)F)c1)N1CC(n2cc(C3CC3)nn2)C1. The Kier molecular flexibility index (Phi) is 3.66. The molecule has 6 nitrogen and oxygen atoms in total. The number of hydrogen-bond acceptors (Lipinski definition) is 4. The van der Waals surface area contributed by atoms with Crippen molar-refractivity contribution < 1.29 is 22.7 Å². The van der Waals surface area contributed by atoms with Crippen molar-refractivity contribution in [2.75, 3.05) is 13.1 Å². The normalized spacial score (nSPS) is 18.1. The van der Waals surface area contributed by atoms with Crippen LogP contribution >= 0.6 is 0 Å². The zero-order chi connectivity index (χ0) is 17.6. The molecule has 2 heterocycles. The maximum Gasteiger partial charge on any atom is 0.573 e. The number of amides is 1. The van der Waals surface area contributed by atoms with Gasteiger partial charge in [0.25, 0.3) is 5.91 Å². The predicted molar refractivity (Wildman–Crippen MR) is 80.1 cm³/mol. The topological polar surface area (TPSA) is 60.2 Å². The predicted octanol–water partition coefficient (Wildman–Crippen LogP) is 2.75. The number of hydrogen-bond donors (Lipinski definition) is 0. The third-order valence-corrected chi connectivity index (χ3v) is 4.36. The number of halogens is 3. The van der Waals surface area contributed by atoms with Gasteiger partial charge in [0.05, 0.1) is 11.7 Å². The summed E-state index contributed by atoms with van der Waals surface area (Å²) in [6.45, 7) is 0.910. The van der Waals surface area contributed by atoms with Crippen molar-refractivity contribution in [3.8, 4) is 5.75 Å². The van der Waals surface area contributed by atoms with Crippen LogP contribution in [0.15, 0.2) is 30.5 Å². The number of ether oxygens (including phenoxy) is 1. The molecule has 0 atom stereocenters. The number of rotatable bonds is 4. The Labute approximate surface area is 141 Å². The largest absolute Gasteiger partial charge is 0.573 e. The third kappa shape index (κ3) is 3.45. The first kappa shape index (κ1) is 15.9. The molecule has 1 aliphatic heterocycles. The highest BCUT2D eigenvalue weighted by Crippen LogP contribution is 2.39. The van der Waals surface area contributed by atoms with Gasteiger partial charge in [-0.2, -0.15) is 0 Å². The summed E-state index contributed by atoms with van der Waals surface area (Å²) < 4.78 is 42.5. The molecule has 1 aromatic carbocycles. The number of carbonyl (C=O) groups excluding carboxylic acids is 1. The van der Waals surface area contributed by atoms with E-state index >= 15 is 0 Å². The number of nitrogens with zero attached hydrogens (tertiary/aromatic N) is 4. The van der Waals surface area contributed by atoms with Crippen LogP contribution in [0.1, 0.15) is 40.9 Å². The molecule has 0 bridgehead atoms. The molecule has 0 unspecified atom stereocenters. The summed E-state index contributed by atoms with van der Waals surface area (Å²) in [6.07, 6.45) is -0.577. The van der Waals surface area contributed by atoms with Crippen molar-refractivity contribution >= 4 is 5.91 Å². The second-order valence-electron chi connectivity index (χ2n) is 6.34. The summed E-state index contributed by atoms with van der Waals surface area (Å²) in [6, 6.07) is 5.16. The van der Waals surface area contributed by atoms with E-state index in [0.717, 1.165) is 30.7 Å². The van der Waals surface area contributed by atoms with Crippen molar-refractivity contribution in [2.45, 2.75) is 31.2 Å². The van der Waals surface area contributed by atoms with Crippen LogP contribution < -0.4 is 4.74 Å². The number of carbonyl (C=O) groups is 1. The lowest BCUT2D eigenvalue weighted by Gasteiger charge is -2.38. The van der Waals surface area contributed by atoms with Crippen molar-refractivity contribution in [1.29, 1.82) is 0 Å². The zero-order valence-corrected chi connectivity index (χ0v) is 13.1. The van der Waals surface area contributed by atoms with E-state index in [9.17, 15) is 18.0 Å². The van der Waals surface area contributed by atoms with Gasteiger partial charge in [0.15, 0.2) is 0 Å². The molecule has 0 spiro atoms. The Bertz CT molecular complexity index is 795. The lowest BCUT2D eigenvalue weighted by molar-refractivity contribution is -0.274. The van der Waals surface area contributed by atoms with E-state index in [-0.39, 0.29) is 17.5 Å². The van der Waals surface area contributed by atoms with E-state index in [1.54, 1.807) is 9.58 Å². The summed E-state index contributed by atoms with van der Waals surface area (Å²) in [7, 11) is 0. The van der Waals surface area contributed by atoms with Crippen LogP contribution in [0, 0.1) is 0 Å². The van der Waals surface area contributed by atoms with Gasteiger partial charge >= 0.3 is 6.36 Å². The van der Waals surface area contributed by atoms with Gasteiger partial charge in [-0.25, -0.2) is 4.68 Å². The minimum absolute atomic E-state index is 0.0542. The molecule has 1 aromatic heterocycles. The molecule has 1 saturated carbocycles. The smallest absolute Gasteiger partial charge is 0.406 e. The minimum Gasteiger partial charge on any atom is -0.406 e. The average molecular weight is 352 g/mol. The van der Waals surface area contributed by atoms with Crippen molar-refractivity contribution in [2.24, 2.45) is 0 Å². The minimum atomic E-state index is -4.78. The first-order valence-electron chi connectivity index (χ1n) is 7.96. The zero-order valence-electron chi connectivity index (χ0n) is 13.1. The molecule has 1 amide bonds. The fraction of sp³-hybridized carbons (Fsp3) is 0.438. The van der Waals surface area contributed by atoms with Gasteiger partial charge in [0.2, 0.25) is 0 Å². The van der Waals surface area contributed by atoms with Crippen molar-refractivity contribution in [3.05, 3.63) is 41.7 Å². The highest BCUT2D eigenvalue weighted by atomic mass is 19.4. The molecular weight excluding hydrogens is 337 g/mol. The highest BCUT2D eigenvalue weighted by molar-refractivity contribution is 5.95. The molecule has 132 valence electrons. The molecule has 2 aliphatic rings. The molecule has 4 rings (SSSR count). The second-order valence-corrected chi connectivity index (χ2v) is 6.34. The second kappa shape index (κ2) is 5.75. The summed E-state index contributed by atoms with van der Waals surface area (Å²) in [5.74, 6) is -0.213. The van der Waals surface area contributed by atoms with E-state index in [1.807, 2.05) is 6.20 Å². The van der Waals surface area contributed by atoms with E-state index < -0.39 is 12.1 Å². The number of alkyl halides is 3. The van der Waals surface area contributed by atoms with E-state index in [4.69, 9.17) is 0 Å². The summed E-state index contributed by atoms with van der Waals surface area (Å²) in [4.78, 5) is 14.0. The molecule has 2 aromatic rings. The molecule has 1 aliphatic carbocycles. The standard InChI is InChI=1S/C16H15F3N4O2/c17-16(18,19)25-13-3-1-2-11(6-13)15(24)22-7-12(8-22)23-9-14(20-21-23)10-4-5-10/h1-3,6,9-10,12H,4-5,7-8H2. The van der Waals surface area contributed by atoms with E-state index in [2.05, 4.69) is 15.0 Å². The van der Waals surface area contributed by atoms with Crippen LogP contribution in [0.3, 0.4) is 0 Å². The third-order valence-electron chi connectivity index (χ3n) is 4.36. The Morgan fingerprint density at radius 2 is 2.00 bits per heavy atom. The first-order chi connectivity index (χ1) is 11.9. The number of aromatic nitrogens is 3. The quantitative estimate of drug-likeness (QED) is 0.849. The maximum absolute atomic E-state index is 12.4. The van der Waals surface area contributed by atoms with Crippen LogP contribution in [0.2, 0.25) is 0 Å². The van der Waals surface area contributed by atoms with Crippen LogP contribution in [-0.4, -0.2) is 45.3 Å². The van der Waals surface area contributed by atoms with Gasteiger partial charge in [0, 0.05) is 30.8 Å². The first-order valence-corrected chi connectivity index (χ1v) is 7.96. The lowest BCUT2D eigenvalue weighted by Crippen LogP contribution is -2.50. The molecule has 0 radical (unpaired) electrons. The Morgan fingerprint density at radius 3 is 2.68 bits per heavy atom. The van der Waals surface area contributed by atoms with Crippen LogP contribution in [-0.2, 0) is 0 Å². The maximum atomic E-state index is 12.4. The average Bonchev–Trinajstić information content (AvgIpc) is 3.23. The monoisotopic (exact) mass is 352 g/mol. The van der Waals surface area contributed by atoms with Gasteiger partial charge in [-0.05, 0) is 31.0 Å². The van der Waals surface area contributed by atoms with Gasteiger partial charge in [-0.3, -0.25) is 4.79 Å². The number of benzene rings is 1. The Hall–Kier alpha value is -2.58. The van der Waals surface area contributed by atoms with Crippen LogP contribution in [0.4, 0.5) is 13.2 Å². The highest BCUT2D eigenvalue weighted by Gasteiger charge is 2.35. The van der Waals surface area contributed by atoms with E-state index in [0.29, 0.717) is 19.0 Å². The van der Waals surface area contributed by atoms with Gasteiger partial charge in [0.1, 0.15) is 5.75 Å². The fourth-order valence-corrected chi connectivity index (χ4v) is 2.83. The molecular formula is C16H15F3N4O2. The lowest BCUT2D eigenvalue weighted by atomic mass is 10.1. The fourth-order valence-electron chi connectivity index (χ4n) is 2.83. The summed E-state index contributed by atoms with van der Waals surface area (Å²) >= 11 is 0. The molecule has 1 saturated heterocycles. The number of likely N-dealkylation sites (tertiary alicyclic amines) is 1. The summed E-state index contributed by atoms with van der Waals surface area (Å²) in [5.41, 5.74) is 1.15.